The summed E-state index contributed by atoms with van der Waals surface area (Å²) in [5, 5.41) is 12.6. The van der Waals surface area contributed by atoms with E-state index in [2.05, 4.69) is 0 Å². The zero-order valence-corrected chi connectivity index (χ0v) is 5.98. The first kappa shape index (κ1) is 6.58. The minimum absolute atomic E-state index is 0.0590. The summed E-state index contributed by atoms with van der Waals surface area (Å²) in [7, 11) is 0. The Balaban J connectivity index is 2.94. The Labute approximate surface area is 57.9 Å². The fourth-order valence-electron chi connectivity index (χ4n) is 0.641. The normalized spacial score (nSPS) is 13.6. The molecule has 0 aliphatic carbocycles. The second-order valence-corrected chi connectivity index (χ2v) is 2.74. The van der Waals surface area contributed by atoms with Gasteiger partial charge in [-0.15, -0.1) is 11.3 Å². The summed E-state index contributed by atoms with van der Waals surface area (Å²) >= 11 is 1.46. The summed E-state index contributed by atoms with van der Waals surface area (Å²) < 4.78 is 0. The SMILES string of the molecule is C[C@H](N)c1cscc1O. The monoisotopic (exact) mass is 143 g/mol. The second kappa shape index (κ2) is 2.37. The largest absolute Gasteiger partial charge is 0.507 e. The summed E-state index contributed by atoms with van der Waals surface area (Å²) in [4.78, 5) is 0. The van der Waals surface area contributed by atoms with Crippen molar-refractivity contribution in [1.82, 2.24) is 0 Å². The van der Waals surface area contributed by atoms with Gasteiger partial charge in [0.2, 0.25) is 0 Å². The molecule has 9 heavy (non-hydrogen) atoms. The number of rotatable bonds is 1. The Morgan fingerprint density at radius 1 is 1.67 bits per heavy atom. The highest BCUT2D eigenvalue weighted by molar-refractivity contribution is 7.08. The molecule has 0 bridgehead atoms. The van der Waals surface area contributed by atoms with Gasteiger partial charge in [0.05, 0.1) is 0 Å². The molecule has 0 saturated heterocycles. The molecule has 0 amide bonds. The van der Waals surface area contributed by atoms with Crippen molar-refractivity contribution in [3.8, 4) is 5.75 Å². The van der Waals surface area contributed by atoms with Crippen molar-refractivity contribution >= 4 is 11.3 Å². The number of thiophene rings is 1. The number of aromatic hydroxyl groups is 1. The Morgan fingerprint density at radius 2 is 2.33 bits per heavy atom. The van der Waals surface area contributed by atoms with Crippen LogP contribution in [-0.2, 0) is 0 Å². The fourth-order valence-corrected chi connectivity index (χ4v) is 1.46. The topological polar surface area (TPSA) is 46.2 Å². The quantitative estimate of drug-likeness (QED) is 0.625. The van der Waals surface area contributed by atoms with E-state index in [1.807, 2.05) is 12.3 Å². The third-order valence-corrected chi connectivity index (χ3v) is 1.91. The molecule has 1 atom stereocenters. The highest BCUT2D eigenvalue weighted by atomic mass is 32.1. The van der Waals surface area contributed by atoms with E-state index >= 15 is 0 Å². The van der Waals surface area contributed by atoms with E-state index in [1.54, 1.807) is 5.38 Å². The van der Waals surface area contributed by atoms with Gasteiger partial charge in [0, 0.05) is 17.0 Å². The minimum atomic E-state index is -0.0590. The molecule has 0 aliphatic rings. The van der Waals surface area contributed by atoms with Crippen molar-refractivity contribution in [3.63, 3.8) is 0 Å². The molecule has 1 heterocycles. The van der Waals surface area contributed by atoms with Gasteiger partial charge < -0.3 is 10.8 Å². The first-order chi connectivity index (χ1) is 4.22. The maximum absolute atomic E-state index is 9.05. The third kappa shape index (κ3) is 1.23. The Morgan fingerprint density at radius 3 is 2.56 bits per heavy atom. The van der Waals surface area contributed by atoms with Crippen LogP contribution in [0.3, 0.4) is 0 Å². The highest BCUT2D eigenvalue weighted by Gasteiger charge is 2.04. The molecule has 2 nitrogen and oxygen atoms in total. The van der Waals surface area contributed by atoms with Crippen molar-refractivity contribution in [2.75, 3.05) is 0 Å². The van der Waals surface area contributed by atoms with Crippen LogP contribution >= 0.6 is 11.3 Å². The Hall–Kier alpha value is -0.540. The lowest BCUT2D eigenvalue weighted by Gasteiger charge is -2.00. The van der Waals surface area contributed by atoms with Crippen LogP contribution in [0, 0.1) is 0 Å². The lowest BCUT2D eigenvalue weighted by molar-refractivity contribution is 0.467. The molecule has 0 radical (unpaired) electrons. The predicted octanol–water partition coefficient (Wildman–Crippen LogP) is 1.47. The molecule has 1 rings (SSSR count). The Kier molecular flexibility index (Phi) is 1.73. The molecule has 0 saturated carbocycles. The standard InChI is InChI=1S/C6H9NOS/c1-4(7)5-2-9-3-6(5)8/h2-4,8H,7H2,1H3/t4-/m0/s1. The van der Waals surface area contributed by atoms with Crippen LogP contribution in [0.15, 0.2) is 10.8 Å². The zero-order valence-electron chi connectivity index (χ0n) is 5.16. The lowest BCUT2D eigenvalue weighted by atomic mass is 10.2. The molecule has 0 fully saturated rings. The number of hydrogen-bond donors (Lipinski definition) is 2. The van der Waals surface area contributed by atoms with Gasteiger partial charge >= 0.3 is 0 Å². The molecular weight excluding hydrogens is 134 g/mol. The predicted molar refractivity (Wildman–Crippen MR) is 38.6 cm³/mol. The summed E-state index contributed by atoms with van der Waals surface area (Å²) in [5.41, 5.74) is 6.34. The summed E-state index contributed by atoms with van der Waals surface area (Å²) in [6, 6.07) is -0.0590. The van der Waals surface area contributed by atoms with Gasteiger partial charge in [0.25, 0.3) is 0 Å². The van der Waals surface area contributed by atoms with Crippen LogP contribution in [0.25, 0.3) is 0 Å². The van der Waals surface area contributed by atoms with Crippen LogP contribution in [-0.4, -0.2) is 5.11 Å². The molecule has 0 spiro atoms. The van der Waals surface area contributed by atoms with Crippen LogP contribution in [0.5, 0.6) is 5.75 Å². The minimum Gasteiger partial charge on any atom is -0.507 e. The Bertz CT molecular complexity index is 195. The zero-order chi connectivity index (χ0) is 6.85. The van der Waals surface area contributed by atoms with Crippen LogP contribution in [0.4, 0.5) is 0 Å². The van der Waals surface area contributed by atoms with Crippen molar-refractivity contribution in [2.24, 2.45) is 5.73 Å². The summed E-state index contributed by atoms with van der Waals surface area (Å²) in [6.45, 7) is 1.85. The van der Waals surface area contributed by atoms with Crippen LogP contribution in [0.2, 0.25) is 0 Å². The van der Waals surface area contributed by atoms with E-state index in [4.69, 9.17) is 10.8 Å². The maximum atomic E-state index is 9.05. The van der Waals surface area contributed by atoms with Crippen LogP contribution in [0.1, 0.15) is 18.5 Å². The van der Waals surface area contributed by atoms with Gasteiger partial charge in [-0.3, -0.25) is 0 Å². The average Bonchev–Trinajstić information content (AvgIpc) is 2.13. The third-order valence-electron chi connectivity index (χ3n) is 1.16. The number of nitrogens with two attached hydrogens (primary N) is 1. The van der Waals surface area contributed by atoms with E-state index in [-0.39, 0.29) is 6.04 Å². The van der Waals surface area contributed by atoms with Crippen molar-refractivity contribution in [2.45, 2.75) is 13.0 Å². The molecule has 0 aromatic carbocycles. The average molecular weight is 143 g/mol. The van der Waals surface area contributed by atoms with Crippen molar-refractivity contribution in [3.05, 3.63) is 16.3 Å². The van der Waals surface area contributed by atoms with E-state index in [9.17, 15) is 0 Å². The molecule has 3 heteroatoms. The van der Waals surface area contributed by atoms with Gasteiger partial charge in [-0.05, 0) is 12.3 Å². The van der Waals surface area contributed by atoms with Crippen molar-refractivity contribution in [1.29, 1.82) is 0 Å². The van der Waals surface area contributed by atoms with Crippen LogP contribution < -0.4 is 5.73 Å². The summed E-state index contributed by atoms with van der Waals surface area (Å²) in [6.07, 6.45) is 0. The fraction of sp³-hybridized carbons (Fsp3) is 0.333. The second-order valence-electron chi connectivity index (χ2n) is 2.00. The first-order valence-electron chi connectivity index (χ1n) is 2.72. The van der Waals surface area contributed by atoms with Crippen molar-refractivity contribution < 1.29 is 5.11 Å². The molecule has 50 valence electrons. The van der Waals surface area contributed by atoms with Gasteiger partial charge in [-0.1, -0.05) is 0 Å². The molecule has 0 unspecified atom stereocenters. The molecule has 1 aromatic rings. The smallest absolute Gasteiger partial charge is 0.131 e. The first-order valence-corrected chi connectivity index (χ1v) is 3.66. The van der Waals surface area contributed by atoms with E-state index in [0.29, 0.717) is 5.75 Å². The van der Waals surface area contributed by atoms with Gasteiger partial charge in [0.15, 0.2) is 0 Å². The lowest BCUT2D eigenvalue weighted by Crippen LogP contribution is -2.02. The van der Waals surface area contributed by atoms with Gasteiger partial charge in [0.1, 0.15) is 5.75 Å². The van der Waals surface area contributed by atoms with E-state index in [0.717, 1.165) is 5.56 Å². The molecule has 3 N–H and O–H groups in total. The molecule has 1 aromatic heterocycles. The molecular formula is C6H9NOS. The summed E-state index contributed by atoms with van der Waals surface area (Å²) in [5.74, 6) is 0.315. The van der Waals surface area contributed by atoms with Gasteiger partial charge in [-0.2, -0.15) is 0 Å². The number of hydrogen-bond acceptors (Lipinski definition) is 3. The van der Waals surface area contributed by atoms with E-state index < -0.39 is 0 Å². The molecule has 0 aliphatic heterocycles. The maximum Gasteiger partial charge on any atom is 0.131 e. The van der Waals surface area contributed by atoms with Gasteiger partial charge in [-0.25, -0.2) is 0 Å². The van der Waals surface area contributed by atoms with E-state index in [1.165, 1.54) is 11.3 Å². The highest BCUT2D eigenvalue weighted by Crippen LogP contribution is 2.25.